The average Bonchev–Trinajstić information content (AvgIpc) is 2.27. The fourth-order valence-corrected chi connectivity index (χ4v) is 1.69. The van der Waals surface area contributed by atoms with Gasteiger partial charge in [0, 0.05) is 25.2 Å². The van der Waals surface area contributed by atoms with Crippen LogP contribution in [0.15, 0.2) is 10.9 Å². The first-order valence-corrected chi connectivity index (χ1v) is 4.76. The zero-order chi connectivity index (χ0) is 10.8. The van der Waals surface area contributed by atoms with Gasteiger partial charge in [0.15, 0.2) is 0 Å². The van der Waals surface area contributed by atoms with Crippen LogP contribution in [0.3, 0.4) is 0 Å². The lowest BCUT2D eigenvalue weighted by molar-refractivity contribution is 0.0598. The van der Waals surface area contributed by atoms with Gasteiger partial charge in [-0.15, -0.1) is 0 Å². The van der Waals surface area contributed by atoms with E-state index in [0.717, 1.165) is 24.2 Å². The molecule has 0 amide bonds. The summed E-state index contributed by atoms with van der Waals surface area (Å²) >= 11 is 0. The van der Waals surface area contributed by atoms with Crippen molar-refractivity contribution < 1.29 is 9.53 Å². The standard InChI is InChI=1S/C10H12N2O3/c1-15-10(14)7-4-6-5-11-3-2-8(6)12-9(7)13/h4,11H,2-3,5H2,1H3,(H,12,13). The van der Waals surface area contributed by atoms with Crippen LogP contribution in [0, 0.1) is 0 Å². The van der Waals surface area contributed by atoms with Crippen LogP contribution in [0.1, 0.15) is 21.6 Å². The summed E-state index contributed by atoms with van der Waals surface area (Å²) in [5.74, 6) is -0.593. The lowest BCUT2D eigenvalue weighted by Crippen LogP contribution is -2.29. The van der Waals surface area contributed by atoms with Gasteiger partial charge in [0.05, 0.1) is 7.11 Å². The molecule has 0 atom stereocenters. The minimum Gasteiger partial charge on any atom is -0.465 e. The number of hydrogen-bond donors (Lipinski definition) is 2. The number of H-pyrrole nitrogens is 1. The van der Waals surface area contributed by atoms with Crippen LogP contribution in [0.25, 0.3) is 0 Å². The lowest BCUT2D eigenvalue weighted by Gasteiger charge is -2.16. The Kier molecular flexibility index (Phi) is 2.55. The molecule has 1 aromatic rings. The van der Waals surface area contributed by atoms with Crippen molar-refractivity contribution in [3.8, 4) is 0 Å². The first-order chi connectivity index (χ1) is 7.22. The molecule has 0 bridgehead atoms. The van der Waals surface area contributed by atoms with Crippen molar-refractivity contribution in [2.24, 2.45) is 0 Å². The molecular formula is C10H12N2O3. The van der Waals surface area contributed by atoms with E-state index in [4.69, 9.17) is 0 Å². The Balaban J connectivity index is 2.49. The van der Waals surface area contributed by atoms with E-state index in [2.05, 4.69) is 15.0 Å². The highest BCUT2D eigenvalue weighted by Gasteiger charge is 2.16. The Morgan fingerprint density at radius 1 is 1.53 bits per heavy atom. The normalized spacial score (nSPS) is 14.5. The number of methoxy groups -OCH3 is 1. The van der Waals surface area contributed by atoms with E-state index in [-0.39, 0.29) is 11.1 Å². The van der Waals surface area contributed by atoms with E-state index in [1.54, 1.807) is 6.07 Å². The molecular weight excluding hydrogens is 196 g/mol. The average molecular weight is 208 g/mol. The Labute approximate surface area is 86.5 Å². The zero-order valence-electron chi connectivity index (χ0n) is 8.42. The van der Waals surface area contributed by atoms with Gasteiger partial charge in [-0.2, -0.15) is 0 Å². The van der Waals surface area contributed by atoms with Crippen LogP contribution in [0.4, 0.5) is 0 Å². The van der Waals surface area contributed by atoms with Gasteiger partial charge in [0.2, 0.25) is 0 Å². The van der Waals surface area contributed by atoms with Crippen molar-refractivity contribution >= 4 is 5.97 Å². The molecule has 15 heavy (non-hydrogen) atoms. The Bertz CT molecular complexity index is 450. The van der Waals surface area contributed by atoms with Gasteiger partial charge in [-0.3, -0.25) is 4.79 Å². The minimum absolute atomic E-state index is 0.0694. The van der Waals surface area contributed by atoms with E-state index >= 15 is 0 Å². The maximum Gasteiger partial charge on any atom is 0.343 e. The van der Waals surface area contributed by atoms with Crippen molar-refractivity contribution in [3.05, 3.63) is 33.2 Å². The van der Waals surface area contributed by atoms with Crippen LogP contribution in [0.2, 0.25) is 0 Å². The number of carbonyl (C=O) groups is 1. The number of fused-ring (bicyclic) bond motifs is 1. The molecule has 0 aliphatic carbocycles. The molecule has 0 fully saturated rings. The van der Waals surface area contributed by atoms with Crippen LogP contribution in [0.5, 0.6) is 0 Å². The SMILES string of the molecule is COC(=O)c1cc2c([nH]c1=O)CCNC2. The lowest BCUT2D eigenvalue weighted by atomic mass is 10.1. The summed E-state index contributed by atoms with van der Waals surface area (Å²) in [7, 11) is 1.26. The molecule has 2 heterocycles. The largest absolute Gasteiger partial charge is 0.465 e. The minimum atomic E-state index is -0.593. The van der Waals surface area contributed by atoms with Crippen LogP contribution < -0.4 is 10.9 Å². The molecule has 0 unspecified atom stereocenters. The first kappa shape index (κ1) is 9.92. The summed E-state index contributed by atoms with van der Waals surface area (Å²) in [5, 5.41) is 3.17. The van der Waals surface area contributed by atoms with Gasteiger partial charge in [-0.05, 0) is 11.6 Å². The number of hydrogen-bond acceptors (Lipinski definition) is 4. The van der Waals surface area contributed by atoms with Crippen molar-refractivity contribution in [1.29, 1.82) is 0 Å². The third-order valence-electron chi connectivity index (χ3n) is 2.49. The Morgan fingerprint density at radius 2 is 2.33 bits per heavy atom. The summed E-state index contributed by atoms with van der Waals surface area (Å²) in [6.45, 7) is 1.52. The predicted molar refractivity (Wildman–Crippen MR) is 53.8 cm³/mol. The van der Waals surface area contributed by atoms with Crippen LogP contribution in [-0.4, -0.2) is 24.6 Å². The number of rotatable bonds is 1. The molecule has 0 saturated heterocycles. The third kappa shape index (κ3) is 1.78. The van der Waals surface area contributed by atoms with Gasteiger partial charge in [-0.25, -0.2) is 4.79 Å². The number of pyridine rings is 1. The van der Waals surface area contributed by atoms with E-state index in [0.29, 0.717) is 6.54 Å². The number of nitrogens with one attached hydrogen (secondary N) is 2. The fraction of sp³-hybridized carbons (Fsp3) is 0.400. The van der Waals surface area contributed by atoms with Crippen molar-refractivity contribution in [2.45, 2.75) is 13.0 Å². The number of aromatic nitrogens is 1. The van der Waals surface area contributed by atoms with Gasteiger partial charge >= 0.3 is 5.97 Å². The second-order valence-electron chi connectivity index (χ2n) is 3.43. The molecule has 1 aromatic heterocycles. The molecule has 0 aromatic carbocycles. The summed E-state index contributed by atoms with van der Waals surface area (Å²) in [6.07, 6.45) is 0.784. The molecule has 5 heteroatoms. The summed E-state index contributed by atoms with van der Waals surface area (Å²) in [6, 6.07) is 1.60. The summed E-state index contributed by atoms with van der Waals surface area (Å²) in [4.78, 5) is 25.5. The first-order valence-electron chi connectivity index (χ1n) is 4.76. The molecule has 2 N–H and O–H groups in total. The van der Waals surface area contributed by atoms with Gasteiger partial charge in [0.1, 0.15) is 5.56 Å². The van der Waals surface area contributed by atoms with E-state index in [1.807, 2.05) is 0 Å². The highest BCUT2D eigenvalue weighted by molar-refractivity contribution is 5.89. The van der Waals surface area contributed by atoms with Gasteiger partial charge in [-0.1, -0.05) is 0 Å². The van der Waals surface area contributed by atoms with E-state index < -0.39 is 5.97 Å². The second kappa shape index (κ2) is 3.86. The maximum absolute atomic E-state index is 11.5. The topological polar surface area (TPSA) is 71.2 Å². The van der Waals surface area contributed by atoms with Crippen molar-refractivity contribution in [1.82, 2.24) is 10.3 Å². The van der Waals surface area contributed by atoms with Crippen molar-refractivity contribution in [3.63, 3.8) is 0 Å². The highest BCUT2D eigenvalue weighted by Crippen LogP contribution is 2.10. The quantitative estimate of drug-likeness (QED) is 0.627. The zero-order valence-corrected chi connectivity index (χ0v) is 8.42. The van der Waals surface area contributed by atoms with Crippen LogP contribution in [-0.2, 0) is 17.7 Å². The molecule has 0 saturated carbocycles. The van der Waals surface area contributed by atoms with Gasteiger partial charge in [0.25, 0.3) is 5.56 Å². The van der Waals surface area contributed by atoms with Crippen LogP contribution >= 0.6 is 0 Å². The molecule has 1 aliphatic heterocycles. The predicted octanol–water partition coefficient (Wildman–Crippen LogP) is -0.193. The van der Waals surface area contributed by atoms with Gasteiger partial charge < -0.3 is 15.0 Å². The summed E-state index contributed by atoms with van der Waals surface area (Å²) in [5.41, 5.74) is 1.56. The molecule has 0 spiro atoms. The van der Waals surface area contributed by atoms with Crippen molar-refractivity contribution in [2.75, 3.05) is 13.7 Å². The highest BCUT2D eigenvalue weighted by atomic mass is 16.5. The fourth-order valence-electron chi connectivity index (χ4n) is 1.69. The third-order valence-corrected chi connectivity index (χ3v) is 2.49. The van der Waals surface area contributed by atoms with E-state index in [1.165, 1.54) is 7.11 Å². The number of carbonyl (C=O) groups excluding carboxylic acids is 1. The number of esters is 1. The molecule has 0 radical (unpaired) electrons. The summed E-state index contributed by atoms with van der Waals surface area (Å²) < 4.78 is 4.53. The smallest absolute Gasteiger partial charge is 0.343 e. The Hall–Kier alpha value is -1.62. The number of aromatic amines is 1. The molecule has 1 aliphatic rings. The monoisotopic (exact) mass is 208 g/mol. The van der Waals surface area contributed by atoms with E-state index in [9.17, 15) is 9.59 Å². The second-order valence-corrected chi connectivity index (χ2v) is 3.43. The maximum atomic E-state index is 11.5. The molecule has 5 nitrogen and oxygen atoms in total. The Morgan fingerprint density at radius 3 is 3.07 bits per heavy atom. The number of ether oxygens (including phenoxy) is 1. The molecule has 80 valence electrons. The molecule has 2 rings (SSSR count).